The van der Waals surface area contributed by atoms with E-state index in [2.05, 4.69) is 4.65 Å². The Hall–Kier alpha value is -2.31. The van der Waals surface area contributed by atoms with E-state index >= 15 is 0 Å². The Morgan fingerprint density at radius 2 is 1.65 bits per heavy atom. The second-order valence-corrected chi connectivity index (χ2v) is 4.03. The van der Waals surface area contributed by atoms with Gasteiger partial charge in [-0.15, -0.1) is 0 Å². The van der Waals surface area contributed by atoms with Crippen LogP contribution in [0.2, 0.25) is 0 Å². The van der Waals surface area contributed by atoms with Crippen molar-refractivity contribution in [2.75, 3.05) is 0 Å². The molecule has 0 unspecified atom stereocenters. The molecule has 0 amide bonds. The summed E-state index contributed by atoms with van der Waals surface area (Å²) in [5.41, 5.74) is 1.27. The van der Waals surface area contributed by atoms with E-state index in [4.69, 9.17) is 14.8 Å². The van der Waals surface area contributed by atoms with Gasteiger partial charge in [0.1, 0.15) is 12.4 Å². The molecule has 0 aliphatic heterocycles. The van der Waals surface area contributed by atoms with E-state index in [1.54, 1.807) is 0 Å². The molecule has 0 saturated carbocycles. The lowest BCUT2D eigenvalue weighted by molar-refractivity contribution is 0.0472. The van der Waals surface area contributed by atoms with Crippen molar-refractivity contribution < 1.29 is 24.2 Å². The molecule has 0 aliphatic carbocycles. The third-order valence-electron chi connectivity index (χ3n) is 2.54. The molecule has 0 saturated heterocycles. The molecule has 0 heterocycles. The molecule has 102 valence electrons. The zero-order valence-corrected chi connectivity index (χ0v) is 10.6. The van der Waals surface area contributed by atoms with E-state index in [1.807, 2.05) is 30.3 Å². The number of carbonyl (C=O) groups excluding carboxylic acids is 1. The minimum Gasteiger partial charge on any atom is -0.512 e. The fraction of sp³-hybridized carbons (Fsp3) is 0.0714. The first kappa shape index (κ1) is 14.1. The minimum atomic E-state index is -1.88. The fourth-order valence-corrected chi connectivity index (χ4v) is 1.60. The first-order valence-electron chi connectivity index (χ1n) is 5.99. The summed E-state index contributed by atoms with van der Waals surface area (Å²) in [5, 5.41) is 17.3. The Morgan fingerprint density at radius 3 is 2.25 bits per heavy atom. The summed E-state index contributed by atoms with van der Waals surface area (Å²) in [5.74, 6) is -0.204. The predicted octanol–water partition coefficient (Wildman–Crippen LogP) is 1.39. The maximum atomic E-state index is 11.8. The molecule has 0 bridgehead atoms. The largest absolute Gasteiger partial charge is 0.707 e. The van der Waals surface area contributed by atoms with Crippen LogP contribution >= 0.6 is 0 Å². The van der Waals surface area contributed by atoms with E-state index in [1.165, 1.54) is 24.3 Å². The van der Waals surface area contributed by atoms with Gasteiger partial charge in [0.25, 0.3) is 0 Å². The molecule has 0 aliphatic rings. The summed E-state index contributed by atoms with van der Waals surface area (Å²) >= 11 is 0. The lowest BCUT2D eigenvalue weighted by Gasteiger charge is -2.07. The zero-order valence-electron chi connectivity index (χ0n) is 10.6. The lowest BCUT2D eigenvalue weighted by Crippen LogP contribution is -2.20. The molecule has 6 heteroatoms. The third kappa shape index (κ3) is 4.12. The molecule has 2 N–H and O–H groups in total. The monoisotopic (exact) mass is 272 g/mol. The molecule has 2 aromatic carbocycles. The van der Waals surface area contributed by atoms with Gasteiger partial charge < -0.3 is 19.4 Å². The average Bonchev–Trinajstić information content (AvgIpc) is 2.46. The van der Waals surface area contributed by atoms with Crippen molar-refractivity contribution in [3.8, 4) is 5.75 Å². The van der Waals surface area contributed by atoms with Crippen LogP contribution in [0.25, 0.3) is 0 Å². The van der Waals surface area contributed by atoms with E-state index in [9.17, 15) is 4.79 Å². The van der Waals surface area contributed by atoms with Crippen molar-refractivity contribution >= 4 is 13.3 Å². The lowest BCUT2D eigenvalue weighted by atomic mass is 10.2. The number of esters is 1. The van der Waals surface area contributed by atoms with Gasteiger partial charge in [0.15, 0.2) is 0 Å². The number of hydrogen-bond donors (Lipinski definition) is 2. The van der Waals surface area contributed by atoms with Gasteiger partial charge in [-0.3, -0.25) is 0 Å². The van der Waals surface area contributed by atoms with Gasteiger partial charge in [-0.1, -0.05) is 30.3 Å². The Balaban J connectivity index is 1.92. The number of hydrogen-bond acceptors (Lipinski definition) is 5. The molecule has 5 nitrogen and oxygen atoms in total. The molecule has 0 aromatic heterocycles. The average molecular weight is 272 g/mol. The molecule has 20 heavy (non-hydrogen) atoms. The summed E-state index contributed by atoms with van der Waals surface area (Å²) in [7, 11) is -1.88. The smallest absolute Gasteiger partial charge is 0.512 e. The van der Waals surface area contributed by atoms with Gasteiger partial charge in [0, 0.05) is 0 Å². The number of carbonyl (C=O) groups is 1. The Labute approximate surface area is 116 Å². The van der Waals surface area contributed by atoms with Crippen molar-refractivity contribution in [1.82, 2.24) is 0 Å². The van der Waals surface area contributed by atoms with Crippen molar-refractivity contribution in [3.63, 3.8) is 0 Å². The molecule has 0 radical (unpaired) electrons. The topological polar surface area (TPSA) is 76.0 Å². The standard InChI is InChI=1S/C14H13BO5/c16-14(19-10-11-4-2-1-3-5-11)12-6-8-13(9-7-12)20-15(17)18/h1-9,17-18H,10H2. The van der Waals surface area contributed by atoms with Crippen LogP contribution in [0.5, 0.6) is 5.75 Å². The Morgan fingerprint density at radius 1 is 1.00 bits per heavy atom. The Kier molecular flexibility index (Phi) is 4.76. The van der Waals surface area contributed by atoms with E-state index in [-0.39, 0.29) is 12.4 Å². The van der Waals surface area contributed by atoms with Crippen LogP contribution in [0.4, 0.5) is 0 Å². The second-order valence-electron chi connectivity index (χ2n) is 4.03. The van der Waals surface area contributed by atoms with Gasteiger partial charge in [-0.05, 0) is 29.8 Å². The van der Waals surface area contributed by atoms with Gasteiger partial charge >= 0.3 is 13.3 Å². The van der Waals surface area contributed by atoms with Gasteiger partial charge in [-0.25, -0.2) is 4.79 Å². The number of rotatable bonds is 5. The van der Waals surface area contributed by atoms with E-state index < -0.39 is 13.3 Å². The normalized spacial score (nSPS) is 9.90. The van der Waals surface area contributed by atoms with Crippen LogP contribution in [0.3, 0.4) is 0 Å². The third-order valence-corrected chi connectivity index (χ3v) is 2.54. The van der Waals surface area contributed by atoms with Crippen LogP contribution in [-0.2, 0) is 11.3 Å². The molecule has 2 rings (SSSR count). The molecular weight excluding hydrogens is 259 g/mol. The second kappa shape index (κ2) is 6.74. The van der Waals surface area contributed by atoms with Gasteiger partial charge in [0.2, 0.25) is 0 Å². The number of benzene rings is 2. The first-order valence-corrected chi connectivity index (χ1v) is 5.99. The van der Waals surface area contributed by atoms with Crippen LogP contribution in [0, 0.1) is 0 Å². The van der Waals surface area contributed by atoms with Crippen LogP contribution in [0.1, 0.15) is 15.9 Å². The predicted molar refractivity (Wildman–Crippen MR) is 72.8 cm³/mol. The maximum Gasteiger partial charge on any atom is 0.707 e. The highest BCUT2D eigenvalue weighted by atomic mass is 16.6. The summed E-state index contributed by atoms with van der Waals surface area (Å²) in [4.78, 5) is 11.8. The molecular formula is C14H13BO5. The summed E-state index contributed by atoms with van der Waals surface area (Å²) in [6.45, 7) is 0.202. The maximum absolute atomic E-state index is 11.8. The molecule has 0 spiro atoms. The van der Waals surface area contributed by atoms with Gasteiger partial charge in [-0.2, -0.15) is 0 Å². The summed E-state index contributed by atoms with van der Waals surface area (Å²) in [6, 6.07) is 15.3. The van der Waals surface area contributed by atoms with Crippen molar-refractivity contribution in [3.05, 3.63) is 65.7 Å². The highest BCUT2D eigenvalue weighted by molar-refractivity contribution is 6.33. The highest BCUT2D eigenvalue weighted by Crippen LogP contribution is 2.13. The van der Waals surface area contributed by atoms with Crippen LogP contribution < -0.4 is 4.65 Å². The van der Waals surface area contributed by atoms with Gasteiger partial charge in [0.05, 0.1) is 5.56 Å². The minimum absolute atomic E-state index is 0.202. The fourth-order valence-electron chi connectivity index (χ4n) is 1.60. The van der Waals surface area contributed by atoms with Crippen LogP contribution in [0.15, 0.2) is 54.6 Å². The van der Waals surface area contributed by atoms with Crippen molar-refractivity contribution in [2.45, 2.75) is 6.61 Å². The zero-order chi connectivity index (χ0) is 14.4. The first-order chi connectivity index (χ1) is 9.65. The molecule has 0 fully saturated rings. The number of ether oxygens (including phenoxy) is 1. The quantitative estimate of drug-likeness (QED) is 0.635. The Bertz CT molecular complexity index is 554. The van der Waals surface area contributed by atoms with E-state index in [0.717, 1.165) is 5.56 Å². The SMILES string of the molecule is O=C(OCc1ccccc1)c1ccc(OB(O)O)cc1. The van der Waals surface area contributed by atoms with Crippen molar-refractivity contribution in [1.29, 1.82) is 0 Å². The molecule has 0 atom stereocenters. The highest BCUT2D eigenvalue weighted by Gasteiger charge is 2.12. The van der Waals surface area contributed by atoms with Crippen LogP contribution in [-0.4, -0.2) is 23.3 Å². The molecule has 2 aromatic rings. The summed E-state index contributed by atoms with van der Waals surface area (Å²) in [6.07, 6.45) is 0. The van der Waals surface area contributed by atoms with Crippen molar-refractivity contribution in [2.24, 2.45) is 0 Å². The summed E-state index contributed by atoms with van der Waals surface area (Å²) < 4.78 is 9.79. The van der Waals surface area contributed by atoms with E-state index in [0.29, 0.717) is 5.56 Å².